The summed E-state index contributed by atoms with van der Waals surface area (Å²) in [5.74, 6) is -0.434. The molecule has 0 aliphatic carbocycles. The van der Waals surface area contributed by atoms with Crippen molar-refractivity contribution in [3.63, 3.8) is 0 Å². The van der Waals surface area contributed by atoms with Gasteiger partial charge in [-0.25, -0.2) is 5.43 Å². The van der Waals surface area contributed by atoms with E-state index in [1.54, 1.807) is 18.2 Å². The molecule has 1 amide bonds. The SMILES string of the molecule is O=C(NNC1C=Cc2ccccc2N1)c1ccccc1O. The normalized spacial score (nSPS) is 15.9. The van der Waals surface area contributed by atoms with Crippen LogP contribution < -0.4 is 16.2 Å². The van der Waals surface area contributed by atoms with Crippen LogP contribution in [0, 0.1) is 0 Å². The minimum absolute atomic E-state index is 0.0470. The van der Waals surface area contributed by atoms with Gasteiger partial charge >= 0.3 is 0 Å². The standard InChI is InChI=1S/C16H15N3O2/c20-14-8-4-2-6-12(14)16(21)19-18-15-10-9-11-5-1-3-7-13(11)17-15/h1-10,15,17-18,20H,(H,19,21). The number of anilines is 1. The topological polar surface area (TPSA) is 73.4 Å². The van der Waals surface area contributed by atoms with E-state index in [0.717, 1.165) is 11.3 Å². The van der Waals surface area contributed by atoms with Gasteiger partial charge in [-0.05, 0) is 29.8 Å². The van der Waals surface area contributed by atoms with Crippen LogP contribution in [0.3, 0.4) is 0 Å². The number of para-hydroxylation sites is 2. The highest BCUT2D eigenvalue weighted by Crippen LogP contribution is 2.21. The number of rotatable bonds is 3. The number of phenolic OH excluding ortho intramolecular Hbond substituents is 1. The monoisotopic (exact) mass is 281 g/mol. The van der Waals surface area contributed by atoms with E-state index in [-0.39, 0.29) is 23.4 Å². The van der Waals surface area contributed by atoms with Crippen molar-refractivity contribution < 1.29 is 9.90 Å². The predicted octanol–water partition coefficient (Wildman–Crippen LogP) is 2.09. The lowest BCUT2D eigenvalue weighted by Crippen LogP contribution is -2.47. The number of phenols is 1. The number of aromatic hydroxyl groups is 1. The van der Waals surface area contributed by atoms with Crippen molar-refractivity contribution in [2.45, 2.75) is 6.17 Å². The molecule has 4 N–H and O–H groups in total. The number of hydrazine groups is 1. The van der Waals surface area contributed by atoms with E-state index in [9.17, 15) is 9.90 Å². The number of amides is 1. The van der Waals surface area contributed by atoms with Gasteiger partial charge in [0.25, 0.3) is 5.91 Å². The van der Waals surface area contributed by atoms with E-state index in [1.165, 1.54) is 6.07 Å². The van der Waals surface area contributed by atoms with Crippen molar-refractivity contribution in [3.8, 4) is 5.75 Å². The fourth-order valence-corrected chi connectivity index (χ4v) is 2.15. The van der Waals surface area contributed by atoms with Crippen LogP contribution in [0.15, 0.2) is 54.6 Å². The van der Waals surface area contributed by atoms with E-state index < -0.39 is 0 Å². The maximum Gasteiger partial charge on any atom is 0.269 e. The molecule has 2 aromatic rings. The minimum Gasteiger partial charge on any atom is -0.507 e. The zero-order valence-electron chi connectivity index (χ0n) is 11.2. The molecule has 1 unspecified atom stereocenters. The Morgan fingerprint density at radius 2 is 1.86 bits per heavy atom. The van der Waals surface area contributed by atoms with Crippen molar-refractivity contribution in [1.82, 2.24) is 10.9 Å². The van der Waals surface area contributed by atoms with Gasteiger partial charge in [0.15, 0.2) is 0 Å². The molecule has 1 atom stereocenters. The Bertz CT molecular complexity index is 697. The largest absolute Gasteiger partial charge is 0.507 e. The first-order chi connectivity index (χ1) is 10.2. The van der Waals surface area contributed by atoms with Crippen LogP contribution in [-0.4, -0.2) is 17.2 Å². The van der Waals surface area contributed by atoms with Crippen LogP contribution in [0.5, 0.6) is 5.75 Å². The second-order valence-electron chi connectivity index (χ2n) is 4.68. The number of carbonyl (C=O) groups is 1. The summed E-state index contributed by atoms with van der Waals surface area (Å²) in [6.45, 7) is 0. The van der Waals surface area contributed by atoms with Crippen molar-refractivity contribution in [1.29, 1.82) is 0 Å². The van der Waals surface area contributed by atoms with Crippen LogP contribution in [0.1, 0.15) is 15.9 Å². The molecule has 0 bridgehead atoms. The Kier molecular flexibility index (Phi) is 3.57. The highest BCUT2D eigenvalue weighted by Gasteiger charge is 2.14. The molecule has 1 aliphatic rings. The molecule has 0 radical (unpaired) electrons. The average Bonchev–Trinajstić information content (AvgIpc) is 2.53. The fraction of sp³-hybridized carbons (Fsp3) is 0.0625. The Hall–Kier alpha value is -2.79. The van der Waals surface area contributed by atoms with Crippen molar-refractivity contribution in [3.05, 3.63) is 65.7 Å². The number of hydrogen-bond acceptors (Lipinski definition) is 4. The molecular formula is C16H15N3O2. The van der Waals surface area contributed by atoms with E-state index in [2.05, 4.69) is 16.2 Å². The summed E-state index contributed by atoms with van der Waals surface area (Å²) in [7, 11) is 0. The lowest BCUT2D eigenvalue weighted by Gasteiger charge is -2.23. The summed E-state index contributed by atoms with van der Waals surface area (Å²) >= 11 is 0. The quantitative estimate of drug-likeness (QED) is 0.650. The van der Waals surface area contributed by atoms with E-state index >= 15 is 0 Å². The smallest absolute Gasteiger partial charge is 0.269 e. The van der Waals surface area contributed by atoms with Crippen molar-refractivity contribution >= 4 is 17.7 Å². The zero-order chi connectivity index (χ0) is 14.7. The fourth-order valence-electron chi connectivity index (χ4n) is 2.15. The first-order valence-electron chi connectivity index (χ1n) is 6.62. The number of benzene rings is 2. The van der Waals surface area contributed by atoms with Gasteiger partial charge in [0.05, 0.1) is 5.56 Å². The summed E-state index contributed by atoms with van der Waals surface area (Å²) in [5, 5.41) is 12.9. The first-order valence-corrected chi connectivity index (χ1v) is 6.62. The zero-order valence-corrected chi connectivity index (χ0v) is 11.2. The van der Waals surface area contributed by atoms with Crippen LogP contribution in [0.25, 0.3) is 6.08 Å². The van der Waals surface area contributed by atoms with Crippen LogP contribution in [0.4, 0.5) is 5.69 Å². The van der Waals surface area contributed by atoms with Crippen LogP contribution >= 0.6 is 0 Å². The third-order valence-electron chi connectivity index (χ3n) is 3.23. The summed E-state index contributed by atoms with van der Waals surface area (Å²) in [6.07, 6.45) is 3.68. The number of hydrogen-bond donors (Lipinski definition) is 4. The summed E-state index contributed by atoms with van der Waals surface area (Å²) < 4.78 is 0. The average molecular weight is 281 g/mol. The lowest BCUT2D eigenvalue weighted by atomic mass is 10.1. The van der Waals surface area contributed by atoms with E-state index in [1.807, 2.05) is 36.4 Å². The second kappa shape index (κ2) is 5.68. The summed E-state index contributed by atoms with van der Waals surface area (Å²) in [4.78, 5) is 12.0. The molecule has 0 fully saturated rings. The van der Waals surface area contributed by atoms with Gasteiger partial charge in [-0.1, -0.05) is 36.4 Å². The van der Waals surface area contributed by atoms with E-state index in [0.29, 0.717) is 0 Å². The Balaban J connectivity index is 1.62. The molecule has 0 spiro atoms. The first kappa shape index (κ1) is 13.2. The Labute approximate surface area is 122 Å². The highest BCUT2D eigenvalue weighted by molar-refractivity contribution is 5.96. The molecule has 21 heavy (non-hydrogen) atoms. The van der Waals surface area contributed by atoms with Gasteiger partial charge < -0.3 is 10.4 Å². The van der Waals surface area contributed by atoms with Crippen LogP contribution in [0.2, 0.25) is 0 Å². The van der Waals surface area contributed by atoms with Gasteiger partial charge in [-0.2, -0.15) is 0 Å². The second-order valence-corrected chi connectivity index (χ2v) is 4.68. The van der Waals surface area contributed by atoms with Gasteiger partial charge in [0.2, 0.25) is 0 Å². The maximum absolute atomic E-state index is 12.0. The highest BCUT2D eigenvalue weighted by atomic mass is 16.3. The molecule has 0 saturated carbocycles. The summed E-state index contributed by atoms with van der Waals surface area (Å²) in [6, 6.07) is 14.3. The van der Waals surface area contributed by atoms with Gasteiger partial charge in [0.1, 0.15) is 11.9 Å². The third kappa shape index (κ3) is 2.88. The molecular weight excluding hydrogens is 266 g/mol. The molecule has 0 aromatic heterocycles. The van der Waals surface area contributed by atoms with Gasteiger partial charge in [0, 0.05) is 5.69 Å². The van der Waals surface area contributed by atoms with Gasteiger partial charge in [-0.15, -0.1) is 0 Å². The predicted molar refractivity (Wildman–Crippen MR) is 81.6 cm³/mol. The molecule has 5 nitrogen and oxygen atoms in total. The van der Waals surface area contributed by atoms with Gasteiger partial charge in [-0.3, -0.25) is 10.2 Å². The van der Waals surface area contributed by atoms with Crippen molar-refractivity contribution in [2.24, 2.45) is 0 Å². The third-order valence-corrected chi connectivity index (χ3v) is 3.23. The molecule has 3 rings (SSSR count). The number of nitrogens with one attached hydrogen (secondary N) is 3. The van der Waals surface area contributed by atoms with Crippen LogP contribution in [-0.2, 0) is 0 Å². The minimum atomic E-state index is -0.387. The molecule has 2 aromatic carbocycles. The molecule has 106 valence electrons. The summed E-state index contributed by atoms with van der Waals surface area (Å²) in [5.41, 5.74) is 7.78. The molecule has 0 saturated heterocycles. The molecule has 5 heteroatoms. The number of fused-ring (bicyclic) bond motifs is 1. The lowest BCUT2D eigenvalue weighted by molar-refractivity contribution is 0.0927. The van der Waals surface area contributed by atoms with E-state index in [4.69, 9.17) is 0 Å². The molecule has 1 heterocycles. The molecule has 1 aliphatic heterocycles. The Morgan fingerprint density at radius 3 is 2.71 bits per heavy atom. The van der Waals surface area contributed by atoms with Crippen molar-refractivity contribution in [2.75, 3.05) is 5.32 Å². The Morgan fingerprint density at radius 1 is 1.10 bits per heavy atom. The number of carbonyl (C=O) groups excluding carboxylic acids is 1. The maximum atomic E-state index is 12.0.